The lowest BCUT2D eigenvalue weighted by molar-refractivity contribution is 0.180. The van der Waals surface area contributed by atoms with Crippen molar-refractivity contribution < 1.29 is 5.11 Å². The molecule has 0 aliphatic heterocycles. The van der Waals surface area contributed by atoms with E-state index in [0.29, 0.717) is 12.5 Å². The highest BCUT2D eigenvalue weighted by atomic mass is 79.9. The third kappa shape index (κ3) is 3.18. The number of nitrogens with zero attached hydrogens (tertiary/aromatic N) is 2. The zero-order valence-corrected chi connectivity index (χ0v) is 12.2. The van der Waals surface area contributed by atoms with E-state index in [1.54, 1.807) is 11.3 Å². The van der Waals surface area contributed by atoms with Crippen LogP contribution in [0.1, 0.15) is 36.6 Å². The molecule has 1 N–H and O–H groups in total. The van der Waals surface area contributed by atoms with E-state index in [9.17, 15) is 5.11 Å². The molecule has 3 nitrogen and oxygen atoms in total. The Morgan fingerprint density at radius 2 is 2.29 bits per heavy atom. The summed E-state index contributed by atoms with van der Waals surface area (Å²) < 4.78 is 2.93. The summed E-state index contributed by atoms with van der Waals surface area (Å²) in [7, 11) is 0. The third-order valence-corrected chi connectivity index (χ3v) is 4.31. The van der Waals surface area contributed by atoms with E-state index in [4.69, 9.17) is 0 Å². The van der Waals surface area contributed by atoms with Gasteiger partial charge in [-0.15, -0.1) is 11.3 Å². The van der Waals surface area contributed by atoms with Gasteiger partial charge in [-0.2, -0.15) is 5.10 Å². The molecule has 1 unspecified atom stereocenters. The molecular formula is C12H15BrN2OS. The van der Waals surface area contributed by atoms with Crippen molar-refractivity contribution in [3.63, 3.8) is 0 Å². The van der Waals surface area contributed by atoms with Crippen molar-refractivity contribution in [3.05, 3.63) is 38.8 Å². The number of rotatable bonds is 4. The van der Waals surface area contributed by atoms with Gasteiger partial charge in [0, 0.05) is 33.4 Å². The maximum atomic E-state index is 10.1. The molecule has 0 saturated heterocycles. The second-order valence-corrected chi connectivity index (χ2v) is 6.13. The lowest BCUT2D eigenvalue weighted by atomic mass is 10.2. The molecule has 2 rings (SSSR count). The molecule has 0 aliphatic rings. The van der Waals surface area contributed by atoms with E-state index in [0.717, 1.165) is 15.0 Å². The lowest BCUT2D eigenvalue weighted by Crippen LogP contribution is -2.04. The molecule has 2 heterocycles. The molecule has 0 saturated carbocycles. The van der Waals surface area contributed by atoms with Crippen LogP contribution in [0.5, 0.6) is 0 Å². The summed E-state index contributed by atoms with van der Waals surface area (Å²) in [6, 6.07) is 4.28. The first-order valence-corrected chi connectivity index (χ1v) is 7.19. The van der Waals surface area contributed by atoms with E-state index < -0.39 is 6.10 Å². The fourth-order valence-electron chi connectivity index (χ4n) is 1.58. The topological polar surface area (TPSA) is 38.0 Å². The number of halogens is 1. The van der Waals surface area contributed by atoms with Crippen LogP contribution in [-0.2, 0) is 6.42 Å². The largest absolute Gasteiger partial charge is 0.387 e. The van der Waals surface area contributed by atoms with Crippen molar-refractivity contribution in [3.8, 4) is 0 Å². The quantitative estimate of drug-likeness (QED) is 0.937. The Balaban J connectivity index is 2.05. The van der Waals surface area contributed by atoms with E-state index in [1.165, 1.54) is 0 Å². The first-order chi connectivity index (χ1) is 8.06. The highest BCUT2D eigenvalue weighted by molar-refractivity contribution is 9.10. The molecule has 2 aromatic heterocycles. The second kappa shape index (κ2) is 5.33. The minimum atomic E-state index is -0.471. The minimum absolute atomic E-state index is 0.358. The van der Waals surface area contributed by atoms with Crippen LogP contribution in [0.3, 0.4) is 0 Å². The van der Waals surface area contributed by atoms with Gasteiger partial charge in [-0.25, -0.2) is 0 Å². The van der Waals surface area contributed by atoms with Crippen LogP contribution in [0.15, 0.2) is 28.2 Å². The molecule has 0 bridgehead atoms. The first-order valence-electron chi connectivity index (χ1n) is 5.52. The number of aromatic nitrogens is 2. The van der Waals surface area contributed by atoms with Gasteiger partial charge in [-0.1, -0.05) is 0 Å². The summed E-state index contributed by atoms with van der Waals surface area (Å²) in [6.07, 6.45) is 2.05. The van der Waals surface area contributed by atoms with Crippen LogP contribution in [0.2, 0.25) is 0 Å². The van der Waals surface area contributed by atoms with Crippen molar-refractivity contribution in [2.75, 3.05) is 0 Å². The van der Waals surface area contributed by atoms with Gasteiger partial charge in [0.25, 0.3) is 0 Å². The molecule has 1 atom stereocenters. The molecule has 0 radical (unpaired) electrons. The van der Waals surface area contributed by atoms with Crippen molar-refractivity contribution in [2.24, 2.45) is 0 Å². The van der Waals surface area contributed by atoms with Gasteiger partial charge >= 0.3 is 0 Å². The Morgan fingerprint density at radius 3 is 2.82 bits per heavy atom. The molecule has 0 fully saturated rings. The zero-order chi connectivity index (χ0) is 12.4. The molecule has 92 valence electrons. The van der Waals surface area contributed by atoms with Crippen molar-refractivity contribution in [1.82, 2.24) is 9.78 Å². The van der Waals surface area contributed by atoms with Gasteiger partial charge < -0.3 is 5.11 Å². The predicted molar refractivity (Wildman–Crippen MR) is 73.3 cm³/mol. The van der Waals surface area contributed by atoms with Gasteiger partial charge in [0.05, 0.1) is 11.8 Å². The van der Waals surface area contributed by atoms with Gasteiger partial charge in [-0.05, 0) is 41.9 Å². The van der Waals surface area contributed by atoms with Crippen LogP contribution in [0, 0.1) is 0 Å². The van der Waals surface area contributed by atoms with Crippen LogP contribution in [-0.4, -0.2) is 14.9 Å². The standard InChI is InChI=1S/C12H15BrN2OS/c1-8(2)15-4-3-10(14-15)6-11(16)12-5-9(13)7-17-12/h3-5,7-8,11,16H,6H2,1-2H3. The Bertz CT molecular complexity index is 492. The fourth-order valence-corrected chi connectivity index (χ4v) is 3.01. The highest BCUT2D eigenvalue weighted by Crippen LogP contribution is 2.27. The maximum Gasteiger partial charge on any atom is 0.0938 e. The number of hydrogen-bond donors (Lipinski definition) is 1. The molecule has 0 aromatic carbocycles. The number of hydrogen-bond acceptors (Lipinski definition) is 3. The molecule has 17 heavy (non-hydrogen) atoms. The lowest BCUT2D eigenvalue weighted by Gasteiger charge is -2.07. The van der Waals surface area contributed by atoms with Gasteiger partial charge in [0.2, 0.25) is 0 Å². The number of thiophene rings is 1. The summed E-state index contributed by atoms with van der Waals surface area (Å²) in [6.45, 7) is 4.17. The number of aliphatic hydroxyl groups is 1. The van der Waals surface area contributed by atoms with E-state index >= 15 is 0 Å². The summed E-state index contributed by atoms with van der Waals surface area (Å²) in [4.78, 5) is 0.968. The third-order valence-electron chi connectivity index (χ3n) is 2.51. The van der Waals surface area contributed by atoms with Crippen molar-refractivity contribution >= 4 is 27.3 Å². The maximum absolute atomic E-state index is 10.1. The zero-order valence-electron chi connectivity index (χ0n) is 9.80. The monoisotopic (exact) mass is 314 g/mol. The van der Waals surface area contributed by atoms with E-state index in [2.05, 4.69) is 34.9 Å². The van der Waals surface area contributed by atoms with E-state index in [-0.39, 0.29) is 0 Å². The van der Waals surface area contributed by atoms with Gasteiger partial charge in [0.1, 0.15) is 0 Å². The van der Waals surface area contributed by atoms with Crippen LogP contribution in [0.25, 0.3) is 0 Å². The first kappa shape index (κ1) is 12.8. The summed E-state index contributed by atoms with van der Waals surface area (Å²) in [5.74, 6) is 0. The molecule has 2 aromatic rings. The summed E-state index contributed by atoms with van der Waals surface area (Å²) >= 11 is 4.95. The second-order valence-electron chi connectivity index (χ2n) is 4.27. The highest BCUT2D eigenvalue weighted by Gasteiger charge is 2.13. The van der Waals surface area contributed by atoms with Crippen LogP contribution >= 0.6 is 27.3 Å². The smallest absolute Gasteiger partial charge is 0.0938 e. The summed E-state index contributed by atoms with van der Waals surface area (Å²) in [5, 5.41) is 16.5. The van der Waals surface area contributed by atoms with Crippen molar-refractivity contribution in [1.29, 1.82) is 0 Å². The average molecular weight is 315 g/mol. The predicted octanol–water partition coefficient (Wildman–Crippen LogP) is 3.56. The van der Waals surface area contributed by atoms with Crippen LogP contribution in [0.4, 0.5) is 0 Å². The molecule has 0 aliphatic carbocycles. The fraction of sp³-hybridized carbons (Fsp3) is 0.417. The summed E-state index contributed by atoms with van der Waals surface area (Å²) in [5.41, 5.74) is 0.927. The van der Waals surface area contributed by atoms with Gasteiger partial charge in [0.15, 0.2) is 0 Å². The Labute approximate surface area is 113 Å². The molecule has 5 heteroatoms. The normalized spacial score (nSPS) is 13.2. The molecule has 0 amide bonds. The minimum Gasteiger partial charge on any atom is -0.387 e. The number of aliphatic hydroxyl groups excluding tert-OH is 1. The Hall–Kier alpha value is -0.650. The average Bonchev–Trinajstić information content (AvgIpc) is 2.86. The SMILES string of the molecule is CC(C)n1ccc(CC(O)c2cc(Br)cs2)n1. The Morgan fingerprint density at radius 1 is 1.53 bits per heavy atom. The van der Waals surface area contributed by atoms with Crippen molar-refractivity contribution in [2.45, 2.75) is 32.4 Å². The van der Waals surface area contributed by atoms with Crippen LogP contribution < -0.4 is 0 Å². The molecular weight excluding hydrogens is 300 g/mol. The van der Waals surface area contributed by atoms with Gasteiger partial charge in [-0.3, -0.25) is 4.68 Å². The Kier molecular flexibility index (Phi) is 4.01. The van der Waals surface area contributed by atoms with E-state index in [1.807, 2.05) is 28.4 Å². The molecule has 0 spiro atoms.